The number of benzene rings is 2. The number of aromatic nitrogens is 2. The Bertz CT molecular complexity index is 1170. The Kier molecular flexibility index (Phi) is 6.00. The molecule has 0 saturated carbocycles. The van der Waals surface area contributed by atoms with Crippen molar-refractivity contribution < 1.29 is 4.79 Å². The van der Waals surface area contributed by atoms with Gasteiger partial charge in [-0.25, -0.2) is 4.98 Å². The highest BCUT2D eigenvalue weighted by Crippen LogP contribution is 2.18. The highest BCUT2D eigenvalue weighted by Gasteiger charge is 2.23. The van der Waals surface area contributed by atoms with Crippen LogP contribution in [0.4, 0.5) is 5.69 Å². The molecule has 6 nitrogen and oxygen atoms in total. The van der Waals surface area contributed by atoms with E-state index in [1.165, 1.54) is 15.7 Å². The molecule has 0 radical (unpaired) electrons. The number of carbonyl (C=O) groups is 1. The van der Waals surface area contributed by atoms with Crippen LogP contribution >= 0.6 is 0 Å². The van der Waals surface area contributed by atoms with Crippen LogP contribution in [0.15, 0.2) is 53.3 Å². The molecule has 0 atom stereocenters. The fraction of sp³-hybridized carbons (Fsp3) is 0.320. The van der Waals surface area contributed by atoms with Gasteiger partial charge in [0.2, 0.25) is 5.91 Å². The molecule has 0 fully saturated rings. The highest BCUT2D eigenvalue weighted by atomic mass is 16.2. The van der Waals surface area contributed by atoms with E-state index >= 15 is 0 Å². The molecule has 1 aliphatic rings. The number of fused-ring (bicyclic) bond motifs is 1. The fourth-order valence-corrected chi connectivity index (χ4v) is 4.06. The van der Waals surface area contributed by atoms with E-state index in [2.05, 4.69) is 46.4 Å². The van der Waals surface area contributed by atoms with E-state index in [0.717, 1.165) is 36.5 Å². The average molecular weight is 417 g/mol. The second kappa shape index (κ2) is 8.86. The van der Waals surface area contributed by atoms with Crippen LogP contribution in [0.5, 0.6) is 0 Å². The zero-order chi connectivity index (χ0) is 22.0. The summed E-state index contributed by atoms with van der Waals surface area (Å²) in [5.74, 6) is 0.346. The number of anilines is 1. The third-order valence-electron chi connectivity index (χ3n) is 5.71. The number of rotatable bonds is 5. The molecular weight excluding hydrogens is 388 g/mol. The second-order valence-electron chi connectivity index (χ2n) is 8.34. The first-order valence-corrected chi connectivity index (χ1v) is 10.6. The van der Waals surface area contributed by atoms with E-state index in [1.54, 1.807) is 6.92 Å². The molecule has 0 bridgehead atoms. The first kappa shape index (κ1) is 21.0. The molecule has 0 saturated heterocycles. The Labute approximate surface area is 182 Å². The lowest BCUT2D eigenvalue weighted by atomic mass is 10.0. The highest BCUT2D eigenvalue weighted by molar-refractivity contribution is 5.90. The lowest BCUT2D eigenvalue weighted by molar-refractivity contribution is -0.116. The van der Waals surface area contributed by atoms with Crippen LogP contribution in [0, 0.1) is 20.8 Å². The van der Waals surface area contributed by atoms with Gasteiger partial charge in [-0.05, 0) is 38.5 Å². The smallest absolute Gasteiger partial charge is 0.258 e. The number of nitrogens with zero attached hydrogens (tertiary/aromatic N) is 3. The van der Waals surface area contributed by atoms with Gasteiger partial charge in [-0.3, -0.25) is 19.1 Å². The minimum absolute atomic E-state index is 0.0449. The van der Waals surface area contributed by atoms with Gasteiger partial charge in [0.25, 0.3) is 5.56 Å². The maximum absolute atomic E-state index is 13.2. The summed E-state index contributed by atoms with van der Waals surface area (Å²) in [5.41, 5.74) is 5.76. The second-order valence-corrected chi connectivity index (χ2v) is 8.34. The molecule has 0 spiro atoms. The van der Waals surface area contributed by atoms with Crippen LogP contribution in [-0.2, 0) is 30.8 Å². The monoisotopic (exact) mass is 416 g/mol. The summed E-state index contributed by atoms with van der Waals surface area (Å²) in [4.78, 5) is 32.7. The van der Waals surface area contributed by atoms with Crippen molar-refractivity contribution in [3.63, 3.8) is 0 Å². The van der Waals surface area contributed by atoms with Crippen molar-refractivity contribution in [2.75, 3.05) is 11.9 Å². The van der Waals surface area contributed by atoms with Gasteiger partial charge in [0.05, 0.1) is 11.3 Å². The van der Waals surface area contributed by atoms with Crippen molar-refractivity contribution in [1.29, 1.82) is 0 Å². The predicted molar refractivity (Wildman–Crippen MR) is 122 cm³/mol. The van der Waals surface area contributed by atoms with Crippen molar-refractivity contribution in [2.24, 2.45) is 0 Å². The summed E-state index contributed by atoms with van der Waals surface area (Å²) < 4.78 is 1.48. The van der Waals surface area contributed by atoms with Crippen LogP contribution in [0.25, 0.3) is 0 Å². The molecule has 2 heterocycles. The number of hydrogen-bond acceptors (Lipinski definition) is 4. The minimum atomic E-state index is -0.233. The Hall–Kier alpha value is -3.25. The molecule has 0 unspecified atom stereocenters. The Morgan fingerprint density at radius 2 is 1.84 bits per heavy atom. The fourth-order valence-electron chi connectivity index (χ4n) is 4.06. The van der Waals surface area contributed by atoms with Crippen molar-refractivity contribution in [3.05, 3.63) is 92.7 Å². The Morgan fingerprint density at radius 1 is 1.06 bits per heavy atom. The van der Waals surface area contributed by atoms with Crippen molar-refractivity contribution in [1.82, 2.24) is 14.5 Å². The normalized spacial score (nSPS) is 13.6. The lowest BCUT2D eigenvalue weighted by Gasteiger charge is -2.28. The minimum Gasteiger partial charge on any atom is -0.325 e. The van der Waals surface area contributed by atoms with E-state index in [-0.39, 0.29) is 18.0 Å². The molecule has 1 amide bonds. The van der Waals surface area contributed by atoms with Gasteiger partial charge in [-0.1, -0.05) is 47.5 Å². The zero-order valence-electron chi connectivity index (χ0n) is 18.3. The molecule has 0 aliphatic carbocycles. The summed E-state index contributed by atoms with van der Waals surface area (Å²) in [6.45, 7) is 8.04. The Balaban J connectivity index is 1.51. The summed E-state index contributed by atoms with van der Waals surface area (Å²) in [7, 11) is 0. The maximum Gasteiger partial charge on any atom is 0.258 e. The van der Waals surface area contributed by atoms with Gasteiger partial charge in [0, 0.05) is 31.7 Å². The van der Waals surface area contributed by atoms with Gasteiger partial charge in [-0.2, -0.15) is 0 Å². The van der Waals surface area contributed by atoms with Crippen molar-refractivity contribution in [3.8, 4) is 0 Å². The van der Waals surface area contributed by atoms with E-state index < -0.39 is 0 Å². The quantitative estimate of drug-likeness (QED) is 0.693. The standard InChI is InChI=1S/C25H28N4O2/c1-17-7-9-21(10-8-17)27-24(30)16-29-19(3)26-23-11-12-28(15-22(23)25(29)31)14-20-6-4-5-18(2)13-20/h4-10,13H,11-12,14-16H2,1-3H3,(H,27,30). The summed E-state index contributed by atoms with van der Waals surface area (Å²) in [6.07, 6.45) is 0.744. The molecule has 3 aromatic rings. The molecule has 1 aromatic heterocycles. The summed E-state index contributed by atoms with van der Waals surface area (Å²) in [5, 5.41) is 2.86. The number of carbonyl (C=O) groups excluding carboxylic acids is 1. The molecule has 31 heavy (non-hydrogen) atoms. The van der Waals surface area contributed by atoms with Crippen LogP contribution < -0.4 is 10.9 Å². The molecule has 6 heteroatoms. The summed E-state index contributed by atoms with van der Waals surface area (Å²) >= 11 is 0. The Morgan fingerprint density at radius 3 is 2.58 bits per heavy atom. The van der Waals surface area contributed by atoms with Crippen LogP contribution in [0.3, 0.4) is 0 Å². The zero-order valence-corrected chi connectivity index (χ0v) is 18.3. The molecule has 1 N–H and O–H groups in total. The van der Waals surface area contributed by atoms with E-state index in [0.29, 0.717) is 17.9 Å². The predicted octanol–water partition coefficient (Wildman–Crippen LogP) is 3.37. The molecule has 1 aliphatic heterocycles. The molecule has 2 aromatic carbocycles. The number of hydrogen-bond donors (Lipinski definition) is 1. The van der Waals surface area contributed by atoms with Gasteiger partial charge < -0.3 is 5.32 Å². The molecule has 4 rings (SSSR count). The van der Waals surface area contributed by atoms with E-state index in [1.807, 2.05) is 31.2 Å². The van der Waals surface area contributed by atoms with Gasteiger partial charge in [0.15, 0.2) is 0 Å². The van der Waals surface area contributed by atoms with E-state index in [4.69, 9.17) is 0 Å². The maximum atomic E-state index is 13.2. The van der Waals surface area contributed by atoms with Gasteiger partial charge in [-0.15, -0.1) is 0 Å². The number of aryl methyl sites for hydroxylation is 3. The lowest BCUT2D eigenvalue weighted by Crippen LogP contribution is -2.39. The third kappa shape index (κ3) is 4.91. The first-order valence-electron chi connectivity index (χ1n) is 10.6. The van der Waals surface area contributed by atoms with E-state index in [9.17, 15) is 9.59 Å². The topological polar surface area (TPSA) is 67.2 Å². The number of amides is 1. The van der Waals surface area contributed by atoms with Crippen LogP contribution in [0.1, 0.15) is 33.8 Å². The van der Waals surface area contributed by atoms with Crippen LogP contribution in [-0.4, -0.2) is 26.9 Å². The first-order chi connectivity index (χ1) is 14.9. The van der Waals surface area contributed by atoms with Crippen LogP contribution in [0.2, 0.25) is 0 Å². The van der Waals surface area contributed by atoms with Crippen molar-refractivity contribution >= 4 is 11.6 Å². The molecular formula is C25H28N4O2. The number of nitrogens with one attached hydrogen (secondary N) is 1. The largest absolute Gasteiger partial charge is 0.325 e. The summed E-state index contributed by atoms with van der Waals surface area (Å²) in [6, 6.07) is 16.0. The van der Waals surface area contributed by atoms with Gasteiger partial charge in [0.1, 0.15) is 12.4 Å². The SMILES string of the molecule is Cc1ccc(NC(=O)Cn2c(C)nc3c(c2=O)CN(Cc2cccc(C)c2)CC3)cc1. The third-order valence-corrected chi connectivity index (χ3v) is 5.71. The van der Waals surface area contributed by atoms with Gasteiger partial charge >= 0.3 is 0 Å². The molecule has 160 valence electrons. The van der Waals surface area contributed by atoms with Crippen molar-refractivity contribution in [2.45, 2.75) is 46.8 Å². The average Bonchev–Trinajstić information content (AvgIpc) is 2.73.